The first-order chi connectivity index (χ1) is 17.8. The summed E-state index contributed by atoms with van der Waals surface area (Å²) < 4.78 is 61.7. The number of aromatic nitrogens is 2. The number of anilines is 1. The number of amides is 2. The second kappa shape index (κ2) is 12.4. The highest BCUT2D eigenvalue weighted by Crippen LogP contribution is 2.33. The molecule has 0 saturated carbocycles. The van der Waals surface area contributed by atoms with Crippen molar-refractivity contribution in [2.45, 2.75) is 64.7 Å². The molecule has 2 aromatic rings. The maximum atomic E-state index is 13.9. The number of aryl methyl sites for hydroxylation is 2. The van der Waals surface area contributed by atoms with Crippen LogP contribution in [0.4, 0.5) is 23.4 Å². The molecule has 1 unspecified atom stereocenters. The van der Waals surface area contributed by atoms with E-state index in [-0.39, 0.29) is 42.6 Å². The summed E-state index contributed by atoms with van der Waals surface area (Å²) in [4.78, 5) is 25.5. The molecule has 1 atom stereocenters. The van der Waals surface area contributed by atoms with Crippen LogP contribution in [-0.4, -0.2) is 58.8 Å². The average Bonchev–Trinajstić information content (AvgIpc) is 3.16. The molecule has 0 fully saturated rings. The van der Waals surface area contributed by atoms with Gasteiger partial charge in [0, 0.05) is 13.0 Å². The molecule has 2 N–H and O–H groups in total. The lowest BCUT2D eigenvalue weighted by atomic mass is 9.91. The summed E-state index contributed by atoms with van der Waals surface area (Å²) in [6.45, 7) is 4.13. The smallest absolute Gasteiger partial charge is 0.490 e. The van der Waals surface area contributed by atoms with Crippen LogP contribution in [0.2, 0.25) is 0 Å². The minimum Gasteiger partial charge on any atom is -0.490 e. The summed E-state index contributed by atoms with van der Waals surface area (Å²) >= 11 is 1.29. The van der Waals surface area contributed by atoms with Crippen molar-refractivity contribution in [2.75, 3.05) is 30.5 Å². The van der Waals surface area contributed by atoms with Gasteiger partial charge >= 0.3 is 6.36 Å². The number of thioether (sulfide) groups is 1. The molecule has 0 bridgehead atoms. The summed E-state index contributed by atoms with van der Waals surface area (Å²) in [6.07, 6.45) is -2.09. The van der Waals surface area contributed by atoms with Crippen molar-refractivity contribution in [1.82, 2.24) is 15.1 Å². The number of rotatable bonds is 12. The Bertz CT molecular complexity index is 1150. The zero-order valence-electron chi connectivity index (χ0n) is 21.7. The van der Waals surface area contributed by atoms with Gasteiger partial charge in [-0.15, -0.1) is 13.2 Å². The van der Waals surface area contributed by atoms with E-state index in [0.29, 0.717) is 24.3 Å². The topological polar surface area (TPSA) is 94.5 Å². The minimum absolute atomic E-state index is 0.00702. The molecule has 0 aliphatic carbocycles. The lowest BCUT2D eigenvalue weighted by Gasteiger charge is -2.26. The monoisotopic (exact) mass is 560 g/mol. The van der Waals surface area contributed by atoms with Crippen LogP contribution in [0.5, 0.6) is 5.75 Å². The number of hydrogen-bond donors (Lipinski definition) is 2. The van der Waals surface area contributed by atoms with Crippen molar-refractivity contribution in [1.29, 1.82) is 0 Å². The van der Waals surface area contributed by atoms with E-state index in [2.05, 4.69) is 20.5 Å². The van der Waals surface area contributed by atoms with Crippen molar-refractivity contribution in [3.8, 4) is 5.75 Å². The lowest BCUT2D eigenvalue weighted by molar-refractivity contribution is -0.324. The molecular formula is C25H32F4N4O4S. The highest BCUT2D eigenvalue weighted by molar-refractivity contribution is 7.99. The summed E-state index contributed by atoms with van der Waals surface area (Å²) in [5, 5.41) is 10.1. The molecule has 1 aliphatic heterocycles. The van der Waals surface area contributed by atoms with E-state index in [1.54, 1.807) is 12.3 Å². The first-order valence-corrected chi connectivity index (χ1v) is 13.5. The Morgan fingerprint density at radius 3 is 2.66 bits per heavy atom. The van der Waals surface area contributed by atoms with Crippen molar-refractivity contribution >= 4 is 29.4 Å². The van der Waals surface area contributed by atoms with Gasteiger partial charge < -0.3 is 15.4 Å². The van der Waals surface area contributed by atoms with Gasteiger partial charge in [-0.05, 0) is 56.2 Å². The summed E-state index contributed by atoms with van der Waals surface area (Å²) in [6, 6.07) is 4.93. The highest BCUT2D eigenvalue weighted by Gasteiger charge is 2.34. The first-order valence-electron chi connectivity index (χ1n) is 12.2. The summed E-state index contributed by atoms with van der Waals surface area (Å²) in [5.74, 6) is -0.00759. The third-order valence-corrected chi connectivity index (χ3v) is 6.27. The zero-order chi connectivity index (χ0) is 28.1. The SMILES string of the molecule is CCc1cc(OCC(C)(C)F)ccc1C1Cc2nn(CCCOC(F)(F)F)c(NC(=O)CSC)c2C(=O)N1. The molecule has 210 valence electrons. The standard InChI is InChI=1S/C25H32F4N4O4S/c1-5-15-11-16(36-14-24(2,3)26)7-8-17(15)18-12-19-21(23(35)30-18)22(31-20(34)13-38-4)33(32-19)9-6-10-37-25(27,28)29/h7-8,11,18H,5-6,9-10,12-14H2,1-4H3,(H,30,35)(H,31,34). The average molecular weight is 561 g/mol. The number of alkyl halides is 4. The van der Waals surface area contributed by atoms with E-state index >= 15 is 0 Å². The van der Waals surface area contributed by atoms with Gasteiger partial charge in [0.25, 0.3) is 5.91 Å². The predicted molar refractivity (Wildman–Crippen MR) is 136 cm³/mol. The Morgan fingerprint density at radius 1 is 1.29 bits per heavy atom. The fourth-order valence-electron chi connectivity index (χ4n) is 4.12. The molecule has 0 saturated heterocycles. The van der Waals surface area contributed by atoms with Gasteiger partial charge in [-0.25, -0.2) is 9.07 Å². The number of ether oxygens (including phenoxy) is 2. The van der Waals surface area contributed by atoms with E-state index in [1.165, 1.54) is 30.3 Å². The second-order valence-electron chi connectivity index (χ2n) is 9.47. The van der Waals surface area contributed by atoms with Gasteiger partial charge in [-0.2, -0.15) is 16.9 Å². The van der Waals surface area contributed by atoms with Crippen molar-refractivity contribution in [3.63, 3.8) is 0 Å². The Labute approximate surface area is 222 Å². The Hall–Kier alpha value is -2.80. The van der Waals surface area contributed by atoms with Crippen molar-refractivity contribution in [2.24, 2.45) is 0 Å². The lowest BCUT2D eigenvalue weighted by Crippen LogP contribution is -2.36. The summed E-state index contributed by atoms with van der Waals surface area (Å²) in [7, 11) is 0. The second-order valence-corrected chi connectivity index (χ2v) is 10.3. The number of benzene rings is 1. The number of nitrogens with zero attached hydrogens (tertiary/aromatic N) is 2. The molecule has 1 aliphatic rings. The molecule has 3 rings (SSSR count). The Balaban J connectivity index is 1.86. The number of hydrogen-bond acceptors (Lipinski definition) is 6. The fraction of sp³-hybridized carbons (Fsp3) is 0.560. The molecule has 2 amide bonds. The van der Waals surface area contributed by atoms with Crippen molar-refractivity contribution < 1.29 is 36.6 Å². The van der Waals surface area contributed by atoms with Crippen LogP contribution < -0.4 is 15.4 Å². The molecule has 0 radical (unpaired) electrons. The Morgan fingerprint density at radius 2 is 2.03 bits per heavy atom. The van der Waals surface area contributed by atoms with Crippen LogP contribution in [0.25, 0.3) is 0 Å². The van der Waals surface area contributed by atoms with Gasteiger partial charge in [0.15, 0.2) is 0 Å². The van der Waals surface area contributed by atoms with Crippen LogP contribution in [0.3, 0.4) is 0 Å². The zero-order valence-corrected chi connectivity index (χ0v) is 22.5. The maximum absolute atomic E-state index is 13.9. The summed E-state index contributed by atoms with van der Waals surface area (Å²) in [5.41, 5.74) is 0.885. The van der Waals surface area contributed by atoms with Crippen LogP contribution in [0.15, 0.2) is 18.2 Å². The van der Waals surface area contributed by atoms with Crippen LogP contribution >= 0.6 is 11.8 Å². The third kappa shape index (κ3) is 8.10. The molecule has 1 aromatic carbocycles. The number of carbonyl (C=O) groups is 2. The van der Waals surface area contributed by atoms with Crippen molar-refractivity contribution in [3.05, 3.63) is 40.6 Å². The number of fused-ring (bicyclic) bond motifs is 1. The first kappa shape index (κ1) is 29.8. The van der Waals surface area contributed by atoms with Crippen LogP contribution in [0.1, 0.15) is 60.4 Å². The molecule has 13 heteroatoms. The molecular weight excluding hydrogens is 528 g/mol. The fourth-order valence-corrected chi connectivity index (χ4v) is 4.45. The van der Waals surface area contributed by atoms with E-state index in [1.807, 2.05) is 19.1 Å². The third-order valence-electron chi connectivity index (χ3n) is 5.72. The molecule has 8 nitrogen and oxygen atoms in total. The van der Waals surface area contributed by atoms with Crippen LogP contribution in [-0.2, 0) is 28.9 Å². The van der Waals surface area contributed by atoms with Crippen LogP contribution in [0, 0.1) is 0 Å². The van der Waals surface area contributed by atoms with Gasteiger partial charge in [-0.3, -0.25) is 14.3 Å². The number of carbonyl (C=O) groups excluding carboxylic acids is 2. The van der Waals surface area contributed by atoms with Gasteiger partial charge in [0.05, 0.1) is 24.1 Å². The van der Waals surface area contributed by atoms with E-state index in [9.17, 15) is 27.2 Å². The number of nitrogens with one attached hydrogen (secondary N) is 2. The predicted octanol–water partition coefficient (Wildman–Crippen LogP) is 4.83. The van der Waals surface area contributed by atoms with Gasteiger partial charge in [0.1, 0.15) is 29.4 Å². The minimum atomic E-state index is -4.74. The van der Waals surface area contributed by atoms with Gasteiger partial charge in [-0.1, -0.05) is 13.0 Å². The van der Waals surface area contributed by atoms with E-state index < -0.39 is 30.6 Å². The molecule has 1 aromatic heterocycles. The molecule has 2 heterocycles. The normalized spacial score (nSPS) is 15.7. The number of halogens is 4. The molecule has 38 heavy (non-hydrogen) atoms. The molecule has 0 spiro atoms. The Kier molecular flexibility index (Phi) is 9.69. The van der Waals surface area contributed by atoms with E-state index in [4.69, 9.17) is 4.74 Å². The largest absolute Gasteiger partial charge is 0.522 e. The highest BCUT2D eigenvalue weighted by atomic mass is 32.2. The van der Waals surface area contributed by atoms with Gasteiger partial charge in [0.2, 0.25) is 5.91 Å². The van der Waals surface area contributed by atoms with E-state index in [0.717, 1.165) is 11.1 Å². The maximum Gasteiger partial charge on any atom is 0.522 e. The quantitative estimate of drug-likeness (QED) is 0.285.